The summed E-state index contributed by atoms with van der Waals surface area (Å²) in [6.07, 6.45) is 5.69. The molecule has 0 radical (unpaired) electrons. The molecule has 3 rings (SSSR count). The van der Waals surface area contributed by atoms with Crippen molar-refractivity contribution in [3.8, 4) is 0 Å². The van der Waals surface area contributed by atoms with Crippen molar-refractivity contribution < 1.29 is 14.4 Å². The summed E-state index contributed by atoms with van der Waals surface area (Å²) in [7, 11) is 0. The Bertz CT molecular complexity index is 527. The van der Waals surface area contributed by atoms with E-state index < -0.39 is 11.6 Å². The van der Waals surface area contributed by atoms with Gasteiger partial charge in [-0.25, -0.2) is 4.79 Å². The fraction of sp³-hybridized carbons (Fsp3) is 0.824. The Labute approximate surface area is 137 Å². The highest BCUT2D eigenvalue weighted by Gasteiger charge is 2.55. The Morgan fingerprint density at radius 3 is 2.57 bits per heavy atom. The molecule has 6 heteroatoms. The molecule has 128 valence electrons. The van der Waals surface area contributed by atoms with Gasteiger partial charge in [-0.15, -0.1) is 0 Å². The lowest BCUT2D eigenvalue weighted by Crippen LogP contribution is -2.54. The summed E-state index contributed by atoms with van der Waals surface area (Å²) in [5, 5.41) is 2.90. The Hall–Kier alpha value is -1.59. The molecule has 0 aromatic rings. The van der Waals surface area contributed by atoms with Crippen molar-refractivity contribution >= 4 is 17.8 Å². The lowest BCUT2D eigenvalue weighted by Gasteiger charge is -2.37. The van der Waals surface area contributed by atoms with E-state index >= 15 is 0 Å². The third-order valence-corrected chi connectivity index (χ3v) is 5.58. The van der Waals surface area contributed by atoms with E-state index in [4.69, 9.17) is 0 Å². The number of imide groups is 1. The van der Waals surface area contributed by atoms with E-state index in [2.05, 4.69) is 5.32 Å². The quantitative estimate of drug-likeness (QED) is 0.804. The van der Waals surface area contributed by atoms with Crippen molar-refractivity contribution in [2.45, 2.75) is 76.9 Å². The van der Waals surface area contributed by atoms with Crippen LogP contribution in [-0.2, 0) is 9.59 Å². The maximum absolute atomic E-state index is 12.9. The van der Waals surface area contributed by atoms with Crippen LogP contribution in [0.25, 0.3) is 0 Å². The van der Waals surface area contributed by atoms with Gasteiger partial charge in [-0.2, -0.15) is 0 Å². The normalized spacial score (nSPS) is 31.0. The Morgan fingerprint density at radius 2 is 2.00 bits per heavy atom. The predicted molar refractivity (Wildman–Crippen MR) is 85.6 cm³/mol. The van der Waals surface area contributed by atoms with Gasteiger partial charge in [-0.3, -0.25) is 14.5 Å². The molecule has 1 aliphatic heterocycles. The number of urea groups is 1. The molecular weight excluding hydrogens is 294 g/mol. The predicted octanol–water partition coefficient (Wildman–Crippen LogP) is 1.89. The van der Waals surface area contributed by atoms with Crippen LogP contribution in [-0.4, -0.2) is 51.8 Å². The molecular formula is C17H27N3O3. The summed E-state index contributed by atoms with van der Waals surface area (Å²) in [4.78, 5) is 40.8. The molecule has 0 bridgehead atoms. The molecule has 1 N–H and O–H groups in total. The largest absolute Gasteiger partial charge is 0.336 e. The molecule has 0 aromatic heterocycles. The van der Waals surface area contributed by atoms with Gasteiger partial charge in [-0.05, 0) is 45.4 Å². The number of hydrogen-bond donors (Lipinski definition) is 1. The summed E-state index contributed by atoms with van der Waals surface area (Å²) in [5.74, 6) is -0.202. The van der Waals surface area contributed by atoms with Crippen LogP contribution in [0.2, 0.25) is 0 Å². The van der Waals surface area contributed by atoms with Crippen LogP contribution in [0.1, 0.15) is 59.3 Å². The van der Waals surface area contributed by atoms with Gasteiger partial charge in [0.2, 0.25) is 5.91 Å². The third-order valence-electron chi connectivity index (χ3n) is 5.58. The lowest BCUT2D eigenvalue weighted by molar-refractivity contribution is -0.141. The number of carbonyl (C=O) groups is 3. The van der Waals surface area contributed by atoms with Crippen molar-refractivity contribution in [3.05, 3.63) is 0 Å². The van der Waals surface area contributed by atoms with Gasteiger partial charge in [0, 0.05) is 12.1 Å². The van der Waals surface area contributed by atoms with Crippen molar-refractivity contribution in [3.63, 3.8) is 0 Å². The molecule has 23 heavy (non-hydrogen) atoms. The second kappa shape index (κ2) is 5.80. The van der Waals surface area contributed by atoms with Crippen LogP contribution in [0, 0.1) is 5.92 Å². The molecule has 2 unspecified atom stereocenters. The SMILES string of the molecule is CC(C)N(C(=O)CN1C(=O)NC2(CCCCC2C)C1=O)C1CC1. The van der Waals surface area contributed by atoms with E-state index in [-0.39, 0.29) is 36.4 Å². The van der Waals surface area contributed by atoms with Crippen LogP contribution in [0.5, 0.6) is 0 Å². The lowest BCUT2D eigenvalue weighted by atomic mass is 9.73. The maximum Gasteiger partial charge on any atom is 0.325 e. The van der Waals surface area contributed by atoms with Gasteiger partial charge >= 0.3 is 6.03 Å². The average Bonchev–Trinajstić information content (AvgIpc) is 3.27. The highest BCUT2D eigenvalue weighted by atomic mass is 16.2. The van der Waals surface area contributed by atoms with Crippen molar-refractivity contribution in [2.24, 2.45) is 5.92 Å². The number of hydrogen-bond acceptors (Lipinski definition) is 3. The molecule has 1 heterocycles. The molecule has 2 aliphatic carbocycles. The third kappa shape index (κ3) is 2.72. The van der Waals surface area contributed by atoms with E-state index in [0.29, 0.717) is 6.42 Å². The molecule has 1 spiro atoms. The fourth-order valence-electron chi connectivity index (χ4n) is 4.12. The summed E-state index contributed by atoms with van der Waals surface area (Å²) in [6, 6.07) is -0.0271. The smallest absolute Gasteiger partial charge is 0.325 e. The van der Waals surface area contributed by atoms with Crippen molar-refractivity contribution in [1.29, 1.82) is 0 Å². The van der Waals surface area contributed by atoms with Gasteiger partial charge in [0.15, 0.2) is 0 Å². The minimum absolute atomic E-state index is 0.0957. The minimum Gasteiger partial charge on any atom is -0.336 e. The topological polar surface area (TPSA) is 69.7 Å². The first kappa shape index (κ1) is 16.3. The number of rotatable bonds is 4. The molecule has 3 aliphatic rings. The monoisotopic (exact) mass is 321 g/mol. The van der Waals surface area contributed by atoms with Crippen molar-refractivity contribution in [2.75, 3.05) is 6.54 Å². The highest BCUT2D eigenvalue weighted by molar-refractivity contribution is 6.09. The number of nitrogens with zero attached hydrogens (tertiary/aromatic N) is 2. The molecule has 2 atom stereocenters. The Balaban J connectivity index is 1.74. The van der Waals surface area contributed by atoms with E-state index in [1.165, 1.54) is 0 Å². The molecule has 6 nitrogen and oxygen atoms in total. The first-order chi connectivity index (χ1) is 10.9. The van der Waals surface area contributed by atoms with Gasteiger partial charge in [-0.1, -0.05) is 19.8 Å². The number of carbonyl (C=O) groups excluding carboxylic acids is 3. The van der Waals surface area contributed by atoms with Crippen LogP contribution in [0.15, 0.2) is 0 Å². The van der Waals surface area contributed by atoms with Gasteiger partial charge in [0.1, 0.15) is 12.1 Å². The van der Waals surface area contributed by atoms with Crippen LogP contribution in [0.3, 0.4) is 0 Å². The fourth-order valence-corrected chi connectivity index (χ4v) is 4.12. The van der Waals surface area contributed by atoms with E-state index in [1.807, 2.05) is 25.7 Å². The van der Waals surface area contributed by atoms with E-state index in [9.17, 15) is 14.4 Å². The molecule has 3 fully saturated rings. The van der Waals surface area contributed by atoms with Gasteiger partial charge in [0.25, 0.3) is 5.91 Å². The minimum atomic E-state index is -0.780. The zero-order valence-electron chi connectivity index (χ0n) is 14.3. The van der Waals surface area contributed by atoms with Crippen LogP contribution >= 0.6 is 0 Å². The summed E-state index contributed by atoms with van der Waals surface area (Å²) >= 11 is 0. The number of nitrogens with one attached hydrogen (secondary N) is 1. The van der Waals surface area contributed by atoms with Crippen LogP contribution < -0.4 is 5.32 Å². The zero-order chi connectivity index (χ0) is 16.8. The second-order valence-electron chi connectivity index (χ2n) is 7.57. The average molecular weight is 321 g/mol. The maximum atomic E-state index is 12.9. The second-order valence-corrected chi connectivity index (χ2v) is 7.57. The standard InChI is InChI=1S/C17H27N3O3/c1-11(2)20(13-7-8-13)14(21)10-19-15(22)17(18-16(19)23)9-5-4-6-12(17)3/h11-13H,4-10H2,1-3H3,(H,18,23). The summed E-state index contributed by atoms with van der Waals surface area (Å²) < 4.78 is 0. The molecule has 1 saturated heterocycles. The van der Waals surface area contributed by atoms with Crippen LogP contribution in [0.4, 0.5) is 4.79 Å². The Kier molecular flexibility index (Phi) is 4.10. The van der Waals surface area contributed by atoms with Crippen molar-refractivity contribution in [1.82, 2.24) is 15.1 Å². The summed E-state index contributed by atoms with van der Waals surface area (Å²) in [5.41, 5.74) is -0.780. The first-order valence-electron chi connectivity index (χ1n) is 8.82. The Morgan fingerprint density at radius 1 is 1.30 bits per heavy atom. The highest BCUT2D eigenvalue weighted by Crippen LogP contribution is 2.38. The van der Waals surface area contributed by atoms with E-state index in [1.54, 1.807) is 0 Å². The summed E-state index contributed by atoms with van der Waals surface area (Å²) in [6.45, 7) is 5.85. The van der Waals surface area contributed by atoms with E-state index in [0.717, 1.165) is 37.0 Å². The number of amides is 4. The zero-order valence-corrected chi connectivity index (χ0v) is 14.3. The molecule has 2 saturated carbocycles. The van der Waals surface area contributed by atoms with Gasteiger partial charge in [0.05, 0.1) is 0 Å². The molecule has 0 aromatic carbocycles. The van der Waals surface area contributed by atoms with Gasteiger partial charge < -0.3 is 10.2 Å². The first-order valence-corrected chi connectivity index (χ1v) is 8.82. The molecule has 4 amide bonds.